The number of hydrogen-bond acceptors (Lipinski definition) is 3. The largest absolute Gasteiger partial charge is 0.457 e. The number of hydrogen-bond donors (Lipinski definition) is 0. The first kappa shape index (κ1) is 18.1. The topological polar surface area (TPSA) is 39.2 Å². The van der Waals surface area contributed by atoms with Crippen molar-refractivity contribution in [2.24, 2.45) is 0 Å². The maximum Gasteiger partial charge on any atom is 0.339 e. The predicted molar refractivity (Wildman–Crippen MR) is 108 cm³/mol. The van der Waals surface area contributed by atoms with Gasteiger partial charge in [0.1, 0.15) is 12.4 Å². The van der Waals surface area contributed by atoms with Gasteiger partial charge in [-0.1, -0.05) is 60.1 Å². The molecule has 0 radical (unpaired) electrons. The van der Waals surface area contributed by atoms with Crippen molar-refractivity contribution in [1.82, 2.24) is 4.98 Å². The number of nitrogens with zero attached hydrogens (tertiary/aromatic N) is 1. The van der Waals surface area contributed by atoms with Gasteiger partial charge in [0.2, 0.25) is 0 Å². The summed E-state index contributed by atoms with van der Waals surface area (Å²) in [6.45, 7) is 0.0528. The van der Waals surface area contributed by atoms with Crippen molar-refractivity contribution >= 4 is 28.5 Å². The Morgan fingerprint density at radius 3 is 2.46 bits per heavy atom. The molecule has 0 atom stereocenters. The number of pyridine rings is 1. The highest BCUT2D eigenvalue weighted by atomic mass is 35.5. The average molecular weight is 392 g/mol. The fourth-order valence-corrected chi connectivity index (χ4v) is 3.19. The van der Waals surface area contributed by atoms with E-state index in [1.807, 2.05) is 42.5 Å². The Hall–Kier alpha value is -3.24. The van der Waals surface area contributed by atoms with E-state index in [0.717, 1.165) is 5.56 Å². The fraction of sp³-hybridized carbons (Fsp3) is 0.0435. The average Bonchev–Trinajstić information content (AvgIpc) is 2.72. The van der Waals surface area contributed by atoms with Gasteiger partial charge in [-0.2, -0.15) is 0 Å². The van der Waals surface area contributed by atoms with Crippen molar-refractivity contribution in [3.63, 3.8) is 0 Å². The van der Waals surface area contributed by atoms with Crippen molar-refractivity contribution in [1.29, 1.82) is 0 Å². The number of fused-ring (bicyclic) bond motifs is 1. The summed E-state index contributed by atoms with van der Waals surface area (Å²) in [5.74, 6) is -0.809. The standard InChI is InChI=1S/C23H15ClFNO2/c24-20-7-3-1-6-18(20)22-13-19(17-5-2-4-8-21(17)26-22)23(27)28-14-15-9-11-16(25)12-10-15/h1-13H,14H2. The number of rotatable bonds is 4. The molecule has 0 N–H and O–H groups in total. The molecule has 0 saturated heterocycles. The zero-order valence-corrected chi connectivity index (χ0v) is 15.5. The molecule has 28 heavy (non-hydrogen) atoms. The normalized spacial score (nSPS) is 10.8. The number of carbonyl (C=O) groups excluding carboxylic acids is 1. The molecule has 3 aromatic carbocycles. The molecule has 0 aliphatic carbocycles. The zero-order chi connectivity index (χ0) is 19.5. The molecule has 3 nitrogen and oxygen atoms in total. The third-order valence-electron chi connectivity index (χ3n) is 4.37. The first-order chi connectivity index (χ1) is 13.6. The molecule has 0 saturated carbocycles. The first-order valence-corrected chi connectivity index (χ1v) is 9.06. The SMILES string of the molecule is O=C(OCc1ccc(F)cc1)c1cc(-c2ccccc2Cl)nc2ccccc12. The zero-order valence-electron chi connectivity index (χ0n) is 14.7. The smallest absolute Gasteiger partial charge is 0.339 e. The number of benzene rings is 3. The molecule has 0 fully saturated rings. The number of ether oxygens (including phenoxy) is 1. The Labute approximate surface area is 166 Å². The molecule has 5 heteroatoms. The molecule has 4 aromatic rings. The molecule has 138 valence electrons. The number of aromatic nitrogens is 1. The Balaban J connectivity index is 1.71. The Morgan fingerprint density at radius 1 is 0.964 bits per heavy atom. The van der Waals surface area contributed by atoms with Crippen LogP contribution in [0.25, 0.3) is 22.2 Å². The van der Waals surface area contributed by atoms with Crippen molar-refractivity contribution in [3.8, 4) is 11.3 Å². The van der Waals surface area contributed by atoms with E-state index >= 15 is 0 Å². The van der Waals surface area contributed by atoms with Gasteiger partial charge in [-0.15, -0.1) is 0 Å². The van der Waals surface area contributed by atoms with Gasteiger partial charge in [0.25, 0.3) is 0 Å². The van der Waals surface area contributed by atoms with Gasteiger partial charge in [-0.25, -0.2) is 14.2 Å². The molecular weight excluding hydrogens is 377 g/mol. The van der Waals surface area contributed by atoms with Crippen LogP contribution in [0.4, 0.5) is 4.39 Å². The lowest BCUT2D eigenvalue weighted by molar-refractivity contribution is 0.0475. The van der Waals surface area contributed by atoms with Gasteiger partial charge in [0.15, 0.2) is 0 Å². The van der Waals surface area contributed by atoms with Crippen LogP contribution in [0.2, 0.25) is 5.02 Å². The van der Waals surface area contributed by atoms with E-state index in [0.29, 0.717) is 32.7 Å². The second-order valence-corrected chi connectivity index (χ2v) is 6.66. The summed E-state index contributed by atoms with van der Waals surface area (Å²) >= 11 is 6.31. The van der Waals surface area contributed by atoms with E-state index < -0.39 is 5.97 Å². The second kappa shape index (κ2) is 7.79. The number of carbonyl (C=O) groups is 1. The van der Waals surface area contributed by atoms with Crippen LogP contribution in [-0.2, 0) is 11.3 Å². The summed E-state index contributed by atoms with van der Waals surface area (Å²) in [6, 6.07) is 22.2. The van der Waals surface area contributed by atoms with E-state index in [4.69, 9.17) is 16.3 Å². The van der Waals surface area contributed by atoms with Crippen LogP contribution in [0, 0.1) is 5.82 Å². The molecule has 0 aliphatic rings. The molecule has 0 bridgehead atoms. The Kier molecular flexibility index (Phi) is 5.04. The molecule has 1 heterocycles. The van der Waals surface area contributed by atoms with E-state index in [1.165, 1.54) is 12.1 Å². The van der Waals surface area contributed by atoms with Gasteiger partial charge in [-0.3, -0.25) is 0 Å². The predicted octanol–water partition coefficient (Wildman–Crippen LogP) is 6.05. The van der Waals surface area contributed by atoms with Gasteiger partial charge >= 0.3 is 5.97 Å². The highest BCUT2D eigenvalue weighted by Gasteiger charge is 2.16. The summed E-state index contributed by atoms with van der Waals surface area (Å²) in [5, 5.41) is 1.25. The molecule has 0 amide bonds. The lowest BCUT2D eigenvalue weighted by Crippen LogP contribution is -2.07. The number of esters is 1. The highest BCUT2D eigenvalue weighted by Crippen LogP contribution is 2.30. The fourth-order valence-electron chi connectivity index (χ4n) is 2.96. The minimum absolute atomic E-state index is 0.0528. The summed E-state index contributed by atoms with van der Waals surface area (Å²) in [4.78, 5) is 17.5. The quantitative estimate of drug-likeness (QED) is 0.397. The lowest BCUT2D eigenvalue weighted by Gasteiger charge is -2.11. The second-order valence-electron chi connectivity index (χ2n) is 6.25. The Morgan fingerprint density at radius 2 is 1.68 bits per heavy atom. The van der Waals surface area contributed by atoms with Gasteiger partial charge < -0.3 is 4.74 Å². The summed E-state index contributed by atoms with van der Waals surface area (Å²) in [6.07, 6.45) is 0. The first-order valence-electron chi connectivity index (χ1n) is 8.68. The van der Waals surface area contributed by atoms with Gasteiger partial charge in [0, 0.05) is 16.0 Å². The molecule has 0 spiro atoms. The third kappa shape index (κ3) is 3.73. The molecule has 1 aromatic heterocycles. The molecular formula is C23H15ClFNO2. The van der Waals surface area contributed by atoms with E-state index in [-0.39, 0.29) is 12.4 Å². The Bertz CT molecular complexity index is 1160. The lowest BCUT2D eigenvalue weighted by atomic mass is 10.0. The van der Waals surface area contributed by atoms with Crippen LogP contribution < -0.4 is 0 Å². The van der Waals surface area contributed by atoms with Crippen molar-refractivity contribution in [2.45, 2.75) is 6.61 Å². The van der Waals surface area contributed by atoms with Crippen LogP contribution in [0.15, 0.2) is 78.9 Å². The van der Waals surface area contributed by atoms with E-state index in [1.54, 1.807) is 24.3 Å². The van der Waals surface area contributed by atoms with Crippen molar-refractivity contribution < 1.29 is 13.9 Å². The van der Waals surface area contributed by atoms with Crippen LogP contribution in [0.5, 0.6) is 0 Å². The van der Waals surface area contributed by atoms with Gasteiger partial charge in [0.05, 0.1) is 16.8 Å². The summed E-state index contributed by atoms with van der Waals surface area (Å²) in [7, 11) is 0. The minimum Gasteiger partial charge on any atom is -0.457 e. The maximum atomic E-state index is 13.0. The van der Waals surface area contributed by atoms with Crippen molar-refractivity contribution in [3.05, 3.63) is 101 Å². The van der Waals surface area contributed by atoms with Crippen LogP contribution in [-0.4, -0.2) is 11.0 Å². The van der Waals surface area contributed by atoms with Crippen LogP contribution in [0.1, 0.15) is 15.9 Å². The van der Waals surface area contributed by atoms with Crippen molar-refractivity contribution in [2.75, 3.05) is 0 Å². The third-order valence-corrected chi connectivity index (χ3v) is 4.70. The maximum absolute atomic E-state index is 13.0. The summed E-state index contributed by atoms with van der Waals surface area (Å²) in [5.41, 5.74) is 3.12. The van der Waals surface area contributed by atoms with Crippen LogP contribution in [0.3, 0.4) is 0 Å². The summed E-state index contributed by atoms with van der Waals surface area (Å²) < 4.78 is 18.5. The minimum atomic E-state index is -0.476. The van der Waals surface area contributed by atoms with Gasteiger partial charge in [-0.05, 0) is 35.9 Å². The number of para-hydroxylation sites is 1. The molecule has 0 aliphatic heterocycles. The highest BCUT2D eigenvalue weighted by molar-refractivity contribution is 6.33. The molecule has 0 unspecified atom stereocenters. The number of halogens is 2. The monoisotopic (exact) mass is 391 g/mol. The van der Waals surface area contributed by atoms with E-state index in [9.17, 15) is 9.18 Å². The van der Waals surface area contributed by atoms with E-state index in [2.05, 4.69) is 4.98 Å². The molecule has 4 rings (SSSR count). The van der Waals surface area contributed by atoms with Crippen LogP contribution >= 0.6 is 11.6 Å².